The number of piperidine rings is 1. The minimum absolute atomic E-state index is 0.0911. The SMILES string of the molecule is C=CCN1CC[C@]23c4c5ccc(O)c4O[C@H]2[C@@H](N(C)C(=O)C#Cc2ccc(C(F)(F)F)cc2)CC[C@@]3([N+](=O)[O-])[C@H]1C5. The van der Waals surface area contributed by atoms with Gasteiger partial charge < -0.3 is 14.7 Å². The number of ether oxygens (including phenoxy) is 1. The lowest BCUT2D eigenvalue weighted by atomic mass is 9.46. The van der Waals surface area contributed by atoms with Gasteiger partial charge in [-0.1, -0.05) is 18.1 Å². The Labute approximate surface area is 234 Å². The Hall–Kier alpha value is -4.04. The Morgan fingerprint density at radius 3 is 2.68 bits per heavy atom. The molecule has 0 radical (unpaired) electrons. The maximum Gasteiger partial charge on any atom is 0.416 e. The lowest BCUT2D eigenvalue weighted by Crippen LogP contribution is -2.80. The Morgan fingerprint density at radius 2 is 2.02 bits per heavy atom. The highest BCUT2D eigenvalue weighted by Crippen LogP contribution is 2.66. The van der Waals surface area contributed by atoms with Crippen molar-refractivity contribution in [1.29, 1.82) is 0 Å². The van der Waals surface area contributed by atoms with Gasteiger partial charge in [-0.3, -0.25) is 19.8 Å². The number of aromatic hydroxyl groups is 1. The second-order valence-electron chi connectivity index (χ2n) is 11.2. The number of hydrogen-bond acceptors (Lipinski definition) is 6. The van der Waals surface area contributed by atoms with Gasteiger partial charge >= 0.3 is 6.18 Å². The van der Waals surface area contributed by atoms with Crippen molar-refractivity contribution in [3.63, 3.8) is 0 Å². The van der Waals surface area contributed by atoms with Gasteiger partial charge in [0.05, 0.1) is 17.6 Å². The highest BCUT2D eigenvalue weighted by molar-refractivity contribution is 5.94. The zero-order valence-corrected chi connectivity index (χ0v) is 22.3. The van der Waals surface area contributed by atoms with Crippen LogP contribution in [0.5, 0.6) is 11.5 Å². The number of phenolic OH excluding ortho intramolecular Hbond substituents is 1. The summed E-state index contributed by atoms with van der Waals surface area (Å²) in [4.78, 5) is 29.8. The Bertz CT molecular complexity index is 1510. The van der Waals surface area contributed by atoms with Gasteiger partial charge in [0, 0.05) is 48.5 Å². The minimum Gasteiger partial charge on any atom is -0.504 e. The van der Waals surface area contributed by atoms with Gasteiger partial charge in [0.25, 0.3) is 11.4 Å². The highest BCUT2D eigenvalue weighted by Gasteiger charge is 2.80. The number of phenols is 1. The summed E-state index contributed by atoms with van der Waals surface area (Å²) in [5.41, 5.74) is -1.45. The van der Waals surface area contributed by atoms with Crippen molar-refractivity contribution in [3.05, 3.63) is 81.4 Å². The van der Waals surface area contributed by atoms with Crippen LogP contribution in [-0.4, -0.2) is 69.6 Å². The molecule has 1 N–H and O–H groups in total. The second-order valence-corrected chi connectivity index (χ2v) is 11.2. The summed E-state index contributed by atoms with van der Waals surface area (Å²) in [6, 6.07) is 6.57. The van der Waals surface area contributed by atoms with Gasteiger partial charge in [-0.05, 0) is 55.2 Å². The summed E-state index contributed by atoms with van der Waals surface area (Å²) in [5.74, 6) is 4.72. The molecule has 1 spiro atoms. The summed E-state index contributed by atoms with van der Waals surface area (Å²) >= 11 is 0. The van der Waals surface area contributed by atoms with Crippen LogP contribution in [-0.2, 0) is 22.8 Å². The van der Waals surface area contributed by atoms with Crippen LogP contribution in [0, 0.1) is 22.0 Å². The number of nitrogens with zero attached hydrogens (tertiary/aromatic N) is 3. The van der Waals surface area contributed by atoms with Gasteiger partial charge in [-0.2, -0.15) is 13.2 Å². The van der Waals surface area contributed by atoms with Crippen LogP contribution in [0.25, 0.3) is 0 Å². The molecule has 6 rings (SSSR count). The summed E-state index contributed by atoms with van der Waals surface area (Å²) in [6.45, 7) is 4.92. The molecule has 4 aliphatic rings. The van der Waals surface area contributed by atoms with E-state index in [0.717, 1.165) is 17.7 Å². The molecular weight excluding hydrogens is 539 g/mol. The van der Waals surface area contributed by atoms with E-state index in [1.54, 1.807) is 19.2 Å². The first-order valence-electron chi connectivity index (χ1n) is 13.4. The van der Waals surface area contributed by atoms with Crippen LogP contribution in [0.1, 0.15) is 41.5 Å². The van der Waals surface area contributed by atoms with Gasteiger partial charge in [0.1, 0.15) is 11.5 Å². The minimum atomic E-state index is -4.48. The normalized spacial score (nSPS) is 29.4. The van der Waals surface area contributed by atoms with Crippen molar-refractivity contribution in [2.75, 3.05) is 20.1 Å². The number of halogens is 3. The smallest absolute Gasteiger partial charge is 0.416 e. The van der Waals surface area contributed by atoms with E-state index >= 15 is 0 Å². The summed E-state index contributed by atoms with van der Waals surface area (Å²) in [6.07, 6.45) is -2.20. The average molecular weight is 568 g/mol. The Balaban J connectivity index is 1.38. The number of likely N-dealkylation sites (N-methyl/N-ethyl adjacent to an activating group) is 1. The number of carbonyl (C=O) groups excluding carboxylic acids is 1. The fraction of sp³-hybridized carbons (Fsp3) is 0.433. The molecule has 2 aliphatic heterocycles. The second kappa shape index (κ2) is 9.24. The molecule has 11 heteroatoms. The number of likely N-dealkylation sites (tertiary alicyclic amines) is 1. The summed E-state index contributed by atoms with van der Waals surface area (Å²) < 4.78 is 45.1. The van der Waals surface area contributed by atoms with Crippen LogP contribution >= 0.6 is 0 Å². The van der Waals surface area contributed by atoms with Crippen molar-refractivity contribution in [2.45, 2.75) is 61.0 Å². The van der Waals surface area contributed by atoms with Crippen molar-refractivity contribution in [2.24, 2.45) is 0 Å². The standard InChI is InChI=1S/C30H28F3N3O5/c1-3-15-35-16-14-28-25-19-7-10-22(37)26(25)41-27(28)21(12-13-29(28,36(39)40)23(35)17-19)34(2)24(38)11-6-18-4-8-20(9-5-18)30(31,32)33/h3-5,7-10,21,23,27,37H,1,12-17H2,2H3/t21-,23+,27-,28-,29+/m0/s1. The predicted octanol–water partition coefficient (Wildman–Crippen LogP) is 3.91. The molecule has 0 unspecified atom stereocenters. The van der Waals surface area contributed by atoms with Crippen molar-refractivity contribution >= 4 is 5.91 Å². The first-order chi connectivity index (χ1) is 19.5. The quantitative estimate of drug-likeness (QED) is 0.261. The average Bonchev–Trinajstić information content (AvgIpc) is 3.29. The molecule has 2 aromatic carbocycles. The summed E-state index contributed by atoms with van der Waals surface area (Å²) in [7, 11) is 1.56. The number of benzene rings is 2. The number of amides is 1. The van der Waals surface area contributed by atoms with E-state index in [4.69, 9.17) is 4.74 Å². The number of carbonyl (C=O) groups is 1. The van der Waals surface area contributed by atoms with Crippen molar-refractivity contribution < 1.29 is 32.7 Å². The van der Waals surface area contributed by atoms with Gasteiger partial charge in [-0.15, -0.1) is 6.58 Å². The molecular formula is C30H28F3N3O5. The third-order valence-electron chi connectivity index (χ3n) is 9.57. The molecule has 1 amide bonds. The molecule has 5 atom stereocenters. The molecule has 1 saturated heterocycles. The molecule has 2 aliphatic carbocycles. The zero-order valence-electron chi connectivity index (χ0n) is 22.3. The first kappa shape index (κ1) is 27.1. The fourth-order valence-electron chi connectivity index (χ4n) is 7.87. The van der Waals surface area contributed by atoms with Crippen LogP contribution < -0.4 is 4.74 Å². The van der Waals surface area contributed by atoms with Gasteiger partial charge in [0.2, 0.25) is 0 Å². The topological polar surface area (TPSA) is 96.2 Å². The van der Waals surface area contributed by atoms with E-state index in [9.17, 15) is 33.2 Å². The van der Waals surface area contributed by atoms with Crippen LogP contribution in [0.2, 0.25) is 0 Å². The number of rotatable bonds is 4. The lowest BCUT2D eigenvalue weighted by molar-refractivity contribution is -0.605. The monoisotopic (exact) mass is 567 g/mol. The fourth-order valence-corrected chi connectivity index (χ4v) is 7.87. The first-order valence-corrected chi connectivity index (χ1v) is 13.4. The molecule has 1 saturated carbocycles. The largest absolute Gasteiger partial charge is 0.504 e. The van der Waals surface area contributed by atoms with E-state index in [1.165, 1.54) is 17.0 Å². The maximum atomic E-state index is 13.3. The number of alkyl halides is 3. The van der Waals surface area contributed by atoms with Crippen molar-refractivity contribution in [1.82, 2.24) is 9.80 Å². The third kappa shape index (κ3) is 3.69. The molecule has 8 nitrogen and oxygen atoms in total. The molecule has 2 fully saturated rings. The van der Waals surface area contributed by atoms with Gasteiger partial charge in [-0.25, -0.2) is 0 Å². The molecule has 41 heavy (non-hydrogen) atoms. The maximum absolute atomic E-state index is 13.3. The molecule has 2 bridgehead atoms. The number of hydrogen-bond donors (Lipinski definition) is 1. The van der Waals surface area contributed by atoms with E-state index in [2.05, 4.69) is 23.3 Å². The molecule has 214 valence electrons. The predicted molar refractivity (Wildman–Crippen MR) is 142 cm³/mol. The van der Waals surface area contributed by atoms with Crippen LogP contribution in [0.15, 0.2) is 49.1 Å². The van der Waals surface area contributed by atoms with Gasteiger partial charge in [0.15, 0.2) is 11.5 Å². The van der Waals surface area contributed by atoms with E-state index in [-0.39, 0.29) is 34.8 Å². The third-order valence-corrected chi connectivity index (χ3v) is 9.57. The summed E-state index contributed by atoms with van der Waals surface area (Å²) in [5, 5.41) is 23.9. The molecule has 2 aromatic rings. The van der Waals surface area contributed by atoms with Crippen LogP contribution in [0.4, 0.5) is 13.2 Å². The zero-order chi connectivity index (χ0) is 29.3. The Morgan fingerprint density at radius 1 is 1.29 bits per heavy atom. The van der Waals surface area contributed by atoms with Crippen LogP contribution in [0.3, 0.4) is 0 Å². The van der Waals surface area contributed by atoms with E-state index in [1.807, 2.05) is 6.07 Å². The Kier molecular flexibility index (Phi) is 6.12. The number of nitro groups is 1. The molecule has 2 heterocycles. The van der Waals surface area contributed by atoms with Crippen molar-refractivity contribution in [3.8, 4) is 23.3 Å². The van der Waals surface area contributed by atoms with E-state index in [0.29, 0.717) is 31.5 Å². The molecule has 0 aromatic heterocycles. The van der Waals surface area contributed by atoms with E-state index < -0.39 is 46.8 Å². The highest BCUT2D eigenvalue weighted by atomic mass is 19.4. The lowest BCUT2D eigenvalue weighted by Gasteiger charge is -2.61.